The Morgan fingerprint density at radius 1 is 1.21 bits per heavy atom. The monoisotopic (exact) mass is 354 g/mol. The summed E-state index contributed by atoms with van der Waals surface area (Å²) >= 11 is 0. The van der Waals surface area contributed by atoms with Crippen molar-refractivity contribution in [3.8, 4) is 0 Å². The third kappa shape index (κ3) is 4.33. The number of aliphatic carboxylic acids is 1. The first kappa shape index (κ1) is 18.4. The fourth-order valence-corrected chi connectivity index (χ4v) is 3.89. The van der Waals surface area contributed by atoms with E-state index in [0.29, 0.717) is 25.9 Å². The molecule has 1 unspecified atom stereocenters. The molecule has 8 heteroatoms. The molecule has 0 saturated carbocycles. The zero-order valence-electron chi connectivity index (χ0n) is 13.7. The number of likely N-dealkylation sites (tertiary alicyclic amines) is 1. The molecule has 2 N–H and O–H groups in total. The summed E-state index contributed by atoms with van der Waals surface area (Å²) in [4.78, 5) is 25.0. The van der Waals surface area contributed by atoms with Gasteiger partial charge in [0.1, 0.15) is 0 Å². The molecule has 0 aromatic heterocycles. The molecule has 24 heavy (non-hydrogen) atoms. The molecule has 0 bridgehead atoms. The van der Waals surface area contributed by atoms with Crippen LogP contribution >= 0.6 is 0 Å². The van der Waals surface area contributed by atoms with Gasteiger partial charge in [0.05, 0.1) is 16.9 Å². The number of aryl methyl sites for hydroxylation is 1. The molecular formula is C16H22N2O5S. The highest BCUT2D eigenvalue weighted by Crippen LogP contribution is 2.18. The standard InChI is InChI=1S/C16H22N2O5S/c1-11-3-5-14(6-4-11)24(22,23)17-12(2)15(19)18-9-7-13(8-10-18)16(20)21/h3-6,12-13,17H,7-10H2,1-2H3,(H,20,21). The summed E-state index contributed by atoms with van der Waals surface area (Å²) in [5, 5.41) is 8.98. The molecule has 7 nitrogen and oxygen atoms in total. The lowest BCUT2D eigenvalue weighted by Gasteiger charge is -2.32. The minimum absolute atomic E-state index is 0.109. The zero-order chi connectivity index (χ0) is 17.9. The Kier molecular flexibility index (Phi) is 5.61. The topological polar surface area (TPSA) is 104 Å². The van der Waals surface area contributed by atoms with Gasteiger partial charge in [-0.15, -0.1) is 0 Å². The van der Waals surface area contributed by atoms with E-state index in [4.69, 9.17) is 5.11 Å². The molecule has 1 aromatic carbocycles. The first-order valence-corrected chi connectivity index (χ1v) is 9.29. The van der Waals surface area contributed by atoms with Gasteiger partial charge in [0, 0.05) is 13.1 Å². The summed E-state index contributed by atoms with van der Waals surface area (Å²) in [5.74, 6) is -1.63. The number of carboxylic acids is 1. The molecule has 1 saturated heterocycles. The fraction of sp³-hybridized carbons (Fsp3) is 0.500. The first-order valence-electron chi connectivity index (χ1n) is 7.81. The van der Waals surface area contributed by atoms with Gasteiger partial charge in [-0.1, -0.05) is 17.7 Å². The minimum atomic E-state index is -3.78. The van der Waals surface area contributed by atoms with E-state index in [1.165, 1.54) is 24.0 Å². The number of sulfonamides is 1. The third-order valence-electron chi connectivity index (χ3n) is 4.19. The number of piperidine rings is 1. The molecule has 1 heterocycles. The van der Waals surface area contributed by atoms with Crippen LogP contribution in [0.15, 0.2) is 29.2 Å². The number of nitrogens with zero attached hydrogens (tertiary/aromatic N) is 1. The van der Waals surface area contributed by atoms with E-state index in [2.05, 4.69) is 4.72 Å². The van der Waals surface area contributed by atoms with E-state index in [1.807, 2.05) is 6.92 Å². The second kappa shape index (κ2) is 7.31. The lowest BCUT2D eigenvalue weighted by Crippen LogP contribution is -2.49. The third-order valence-corrected chi connectivity index (χ3v) is 5.75. The molecule has 1 aliphatic heterocycles. The maximum atomic E-state index is 12.4. The summed E-state index contributed by atoms with van der Waals surface area (Å²) in [7, 11) is -3.78. The molecule has 1 aliphatic rings. The summed E-state index contributed by atoms with van der Waals surface area (Å²) in [6.45, 7) is 4.01. The average molecular weight is 354 g/mol. The molecule has 132 valence electrons. The van der Waals surface area contributed by atoms with Gasteiger partial charge in [-0.3, -0.25) is 9.59 Å². The Labute approximate surface area is 141 Å². The maximum Gasteiger partial charge on any atom is 0.306 e. The van der Waals surface area contributed by atoms with Crippen LogP contribution in [0, 0.1) is 12.8 Å². The predicted octanol–water partition coefficient (Wildman–Crippen LogP) is 0.985. The molecule has 2 rings (SSSR count). The SMILES string of the molecule is Cc1ccc(S(=O)(=O)NC(C)C(=O)N2CCC(C(=O)O)CC2)cc1. The number of nitrogens with one attached hydrogen (secondary N) is 1. The maximum absolute atomic E-state index is 12.4. The van der Waals surface area contributed by atoms with Crippen molar-refractivity contribution in [1.29, 1.82) is 0 Å². The van der Waals surface area contributed by atoms with Crippen LogP contribution in [-0.2, 0) is 19.6 Å². The van der Waals surface area contributed by atoms with Gasteiger partial charge < -0.3 is 10.0 Å². The van der Waals surface area contributed by atoms with Crippen molar-refractivity contribution in [2.24, 2.45) is 5.92 Å². The van der Waals surface area contributed by atoms with Gasteiger partial charge in [0.25, 0.3) is 0 Å². The van der Waals surface area contributed by atoms with Crippen LogP contribution in [0.3, 0.4) is 0 Å². The molecule has 0 radical (unpaired) electrons. The van der Waals surface area contributed by atoms with E-state index in [-0.39, 0.29) is 10.8 Å². The Morgan fingerprint density at radius 2 is 1.75 bits per heavy atom. The van der Waals surface area contributed by atoms with E-state index in [9.17, 15) is 18.0 Å². The molecule has 1 fully saturated rings. The van der Waals surface area contributed by atoms with Gasteiger partial charge in [-0.25, -0.2) is 8.42 Å². The number of hydrogen-bond acceptors (Lipinski definition) is 4. The summed E-state index contributed by atoms with van der Waals surface area (Å²) in [5.41, 5.74) is 0.944. The van der Waals surface area contributed by atoms with E-state index >= 15 is 0 Å². The molecule has 0 spiro atoms. The summed E-state index contributed by atoms with van der Waals surface area (Å²) < 4.78 is 27.0. The van der Waals surface area contributed by atoms with Gasteiger partial charge in [0.15, 0.2) is 0 Å². The normalized spacial score (nSPS) is 17.5. The van der Waals surface area contributed by atoms with Gasteiger partial charge in [-0.05, 0) is 38.8 Å². The molecule has 1 amide bonds. The molecule has 1 atom stereocenters. The van der Waals surface area contributed by atoms with Crippen LogP contribution < -0.4 is 4.72 Å². The number of carboxylic acid groups (broad SMARTS) is 1. The minimum Gasteiger partial charge on any atom is -0.481 e. The second-order valence-corrected chi connectivity index (χ2v) is 7.81. The lowest BCUT2D eigenvalue weighted by molar-refractivity contribution is -0.146. The fourth-order valence-electron chi connectivity index (χ4n) is 2.69. The highest BCUT2D eigenvalue weighted by Gasteiger charge is 2.30. The Balaban J connectivity index is 1.99. The molecular weight excluding hydrogens is 332 g/mol. The number of carbonyl (C=O) groups excluding carboxylic acids is 1. The second-order valence-electron chi connectivity index (χ2n) is 6.09. The van der Waals surface area contributed by atoms with Gasteiger partial charge in [-0.2, -0.15) is 4.72 Å². The Hall–Kier alpha value is -1.93. The average Bonchev–Trinajstić information content (AvgIpc) is 2.54. The number of rotatable bonds is 5. The number of hydrogen-bond donors (Lipinski definition) is 2. The zero-order valence-corrected chi connectivity index (χ0v) is 14.5. The summed E-state index contributed by atoms with van der Waals surface area (Å²) in [6.07, 6.45) is 0.775. The van der Waals surface area contributed by atoms with Crippen LogP contribution in [0.2, 0.25) is 0 Å². The smallest absolute Gasteiger partial charge is 0.306 e. The van der Waals surface area contributed by atoms with E-state index in [1.54, 1.807) is 12.1 Å². The number of carbonyl (C=O) groups is 2. The van der Waals surface area contributed by atoms with E-state index < -0.39 is 28.0 Å². The van der Waals surface area contributed by atoms with Crippen LogP contribution in [0.25, 0.3) is 0 Å². The predicted molar refractivity (Wildman–Crippen MR) is 87.9 cm³/mol. The number of amides is 1. The van der Waals surface area contributed by atoms with Gasteiger partial charge in [0.2, 0.25) is 15.9 Å². The van der Waals surface area contributed by atoms with Crippen LogP contribution in [0.5, 0.6) is 0 Å². The van der Waals surface area contributed by atoms with Crippen molar-refractivity contribution >= 4 is 21.9 Å². The van der Waals surface area contributed by atoms with Crippen molar-refractivity contribution in [2.75, 3.05) is 13.1 Å². The van der Waals surface area contributed by atoms with Gasteiger partial charge >= 0.3 is 5.97 Å². The Morgan fingerprint density at radius 3 is 2.25 bits per heavy atom. The molecule has 1 aromatic rings. The highest BCUT2D eigenvalue weighted by atomic mass is 32.2. The molecule has 0 aliphatic carbocycles. The first-order chi connectivity index (χ1) is 11.2. The number of benzene rings is 1. The quantitative estimate of drug-likeness (QED) is 0.820. The largest absolute Gasteiger partial charge is 0.481 e. The van der Waals surface area contributed by atoms with Crippen LogP contribution in [-0.4, -0.2) is 49.4 Å². The van der Waals surface area contributed by atoms with Crippen molar-refractivity contribution in [2.45, 2.75) is 37.6 Å². The lowest BCUT2D eigenvalue weighted by atomic mass is 9.97. The highest BCUT2D eigenvalue weighted by molar-refractivity contribution is 7.89. The van der Waals surface area contributed by atoms with E-state index in [0.717, 1.165) is 5.56 Å². The van der Waals surface area contributed by atoms with Crippen LogP contribution in [0.4, 0.5) is 0 Å². The Bertz CT molecular complexity index is 706. The van der Waals surface area contributed by atoms with Crippen molar-refractivity contribution < 1.29 is 23.1 Å². The summed E-state index contributed by atoms with van der Waals surface area (Å²) in [6, 6.07) is 5.47. The van der Waals surface area contributed by atoms with Crippen molar-refractivity contribution in [3.05, 3.63) is 29.8 Å². The van der Waals surface area contributed by atoms with Crippen LogP contribution in [0.1, 0.15) is 25.3 Å². The van der Waals surface area contributed by atoms with Crippen molar-refractivity contribution in [1.82, 2.24) is 9.62 Å². The van der Waals surface area contributed by atoms with Crippen molar-refractivity contribution in [3.63, 3.8) is 0 Å².